The molecule has 0 N–H and O–H groups in total. The molecule has 0 bridgehead atoms. The van der Waals surface area contributed by atoms with Gasteiger partial charge in [-0.05, 0) is 75.0 Å². The zero-order valence-electron chi connectivity index (χ0n) is 14.8. The minimum absolute atomic E-state index is 0.715. The summed E-state index contributed by atoms with van der Waals surface area (Å²) >= 11 is 0. The molecular formula is C22H33N. The summed E-state index contributed by atoms with van der Waals surface area (Å²) in [5.74, 6) is 3.40. The standard InChI is InChI=1S/C22H33N/c1-2-6-19-8-12-21(13-9-19)16-17-22-14-10-20(11-15-22)7-4-3-5-18-23/h3-5,7,16-17,19-22H,2,6,8-15H2,1H3/b5-3?,7-4?,17-16+/t19-,20?,21-,22?. The molecule has 0 aromatic carbocycles. The molecular weight excluding hydrogens is 278 g/mol. The minimum Gasteiger partial charge on any atom is -0.193 e. The van der Waals surface area contributed by atoms with Crippen LogP contribution in [0.3, 0.4) is 0 Å². The van der Waals surface area contributed by atoms with Crippen molar-refractivity contribution < 1.29 is 0 Å². The molecule has 2 aliphatic carbocycles. The monoisotopic (exact) mass is 311 g/mol. The third-order valence-electron chi connectivity index (χ3n) is 5.73. The van der Waals surface area contributed by atoms with E-state index in [4.69, 9.17) is 5.26 Å². The van der Waals surface area contributed by atoms with Crippen LogP contribution in [0.1, 0.15) is 71.1 Å². The van der Waals surface area contributed by atoms with Gasteiger partial charge in [0, 0.05) is 6.08 Å². The molecule has 0 heterocycles. The van der Waals surface area contributed by atoms with E-state index in [0.29, 0.717) is 5.92 Å². The number of nitrogens with zero attached hydrogens (tertiary/aromatic N) is 1. The van der Waals surface area contributed by atoms with Gasteiger partial charge in [0.05, 0.1) is 6.07 Å². The Morgan fingerprint density at radius 1 is 0.783 bits per heavy atom. The van der Waals surface area contributed by atoms with Crippen molar-refractivity contribution in [2.24, 2.45) is 23.7 Å². The van der Waals surface area contributed by atoms with Gasteiger partial charge in [-0.15, -0.1) is 0 Å². The lowest BCUT2D eigenvalue weighted by Crippen LogP contribution is -2.14. The number of allylic oxidation sites excluding steroid dienone is 6. The molecule has 126 valence electrons. The highest BCUT2D eigenvalue weighted by atomic mass is 14.3. The third kappa shape index (κ3) is 6.78. The van der Waals surface area contributed by atoms with E-state index < -0.39 is 0 Å². The highest BCUT2D eigenvalue weighted by Gasteiger charge is 2.20. The van der Waals surface area contributed by atoms with Gasteiger partial charge in [-0.1, -0.05) is 50.1 Å². The second-order valence-corrected chi connectivity index (χ2v) is 7.50. The van der Waals surface area contributed by atoms with Crippen LogP contribution in [0.25, 0.3) is 0 Å². The van der Waals surface area contributed by atoms with Crippen LogP contribution >= 0.6 is 0 Å². The molecule has 1 heteroatoms. The minimum atomic E-state index is 0.715. The van der Waals surface area contributed by atoms with Crippen LogP contribution in [0, 0.1) is 35.0 Å². The van der Waals surface area contributed by atoms with Crippen LogP contribution in [0.5, 0.6) is 0 Å². The molecule has 0 aromatic rings. The zero-order valence-corrected chi connectivity index (χ0v) is 14.8. The van der Waals surface area contributed by atoms with E-state index in [2.05, 4.69) is 25.2 Å². The number of nitriles is 1. The van der Waals surface area contributed by atoms with E-state index in [1.165, 1.54) is 64.2 Å². The van der Waals surface area contributed by atoms with Gasteiger partial charge in [-0.25, -0.2) is 0 Å². The molecule has 0 radical (unpaired) electrons. The van der Waals surface area contributed by atoms with Crippen LogP contribution in [-0.4, -0.2) is 0 Å². The van der Waals surface area contributed by atoms with Crippen molar-refractivity contribution >= 4 is 0 Å². The average Bonchev–Trinajstić information content (AvgIpc) is 2.59. The lowest BCUT2D eigenvalue weighted by molar-refractivity contribution is 0.292. The molecule has 2 saturated carbocycles. The van der Waals surface area contributed by atoms with E-state index >= 15 is 0 Å². The molecule has 0 atom stereocenters. The van der Waals surface area contributed by atoms with Gasteiger partial charge >= 0.3 is 0 Å². The largest absolute Gasteiger partial charge is 0.193 e. The van der Waals surface area contributed by atoms with Gasteiger partial charge in [-0.2, -0.15) is 5.26 Å². The molecule has 23 heavy (non-hydrogen) atoms. The van der Waals surface area contributed by atoms with Crippen molar-refractivity contribution in [2.45, 2.75) is 71.1 Å². The molecule has 2 aliphatic rings. The molecule has 0 saturated heterocycles. The molecule has 2 rings (SSSR count). The number of rotatable bonds is 6. The summed E-state index contributed by atoms with van der Waals surface area (Å²) < 4.78 is 0. The second-order valence-electron chi connectivity index (χ2n) is 7.50. The van der Waals surface area contributed by atoms with Gasteiger partial charge in [0.15, 0.2) is 0 Å². The van der Waals surface area contributed by atoms with Crippen LogP contribution in [0.4, 0.5) is 0 Å². The highest BCUT2D eigenvalue weighted by molar-refractivity contribution is 5.12. The molecule has 0 unspecified atom stereocenters. The maximum Gasteiger partial charge on any atom is 0.0912 e. The molecule has 1 nitrogen and oxygen atoms in total. The van der Waals surface area contributed by atoms with Crippen LogP contribution < -0.4 is 0 Å². The van der Waals surface area contributed by atoms with Crippen molar-refractivity contribution in [3.05, 3.63) is 36.5 Å². The smallest absolute Gasteiger partial charge is 0.0912 e. The molecule has 0 aromatic heterocycles. The Hall–Kier alpha value is -1.29. The summed E-state index contributed by atoms with van der Waals surface area (Å²) in [6.45, 7) is 2.32. The lowest BCUT2D eigenvalue weighted by atomic mass is 9.78. The fourth-order valence-corrected chi connectivity index (χ4v) is 4.24. The Bertz CT molecular complexity index is 435. The Balaban J connectivity index is 1.65. The summed E-state index contributed by atoms with van der Waals surface area (Å²) in [6.07, 6.45) is 26.6. The normalized spacial score (nSPS) is 32.7. The third-order valence-corrected chi connectivity index (χ3v) is 5.73. The molecule has 0 amide bonds. The maximum atomic E-state index is 8.47. The zero-order chi connectivity index (χ0) is 16.3. The van der Waals surface area contributed by atoms with Crippen molar-refractivity contribution in [1.82, 2.24) is 0 Å². The average molecular weight is 312 g/mol. The predicted octanol–water partition coefficient (Wildman–Crippen LogP) is 6.59. The van der Waals surface area contributed by atoms with Gasteiger partial charge in [0.1, 0.15) is 0 Å². The summed E-state index contributed by atoms with van der Waals surface area (Å²) in [5, 5.41) is 8.47. The fourth-order valence-electron chi connectivity index (χ4n) is 4.24. The van der Waals surface area contributed by atoms with E-state index in [1.54, 1.807) is 6.08 Å². The first kappa shape index (κ1) is 18.1. The molecule has 0 spiro atoms. The van der Waals surface area contributed by atoms with Crippen molar-refractivity contribution in [3.8, 4) is 6.07 Å². The van der Waals surface area contributed by atoms with Gasteiger partial charge in [0.25, 0.3) is 0 Å². The topological polar surface area (TPSA) is 23.8 Å². The first-order valence-corrected chi connectivity index (χ1v) is 9.73. The number of hydrogen-bond acceptors (Lipinski definition) is 1. The number of hydrogen-bond donors (Lipinski definition) is 0. The molecule has 0 aliphatic heterocycles. The van der Waals surface area contributed by atoms with E-state index in [-0.39, 0.29) is 0 Å². The summed E-state index contributed by atoms with van der Waals surface area (Å²) in [6, 6.07) is 2.03. The van der Waals surface area contributed by atoms with Crippen molar-refractivity contribution in [2.75, 3.05) is 0 Å². The Labute approximate surface area is 143 Å². The Morgan fingerprint density at radius 2 is 1.30 bits per heavy atom. The Morgan fingerprint density at radius 3 is 1.83 bits per heavy atom. The van der Waals surface area contributed by atoms with Crippen LogP contribution in [-0.2, 0) is 0 Å². The predicted molar refractivity (Wildman–Crippen MR) is 98.8 cm³/mol. The van der Waals surface area contributed by atoms with Crippen molar-refractivity contribution in [3.63, 3.8) is 0 Å². The Kier molecular flexibility index (Phi) is 8.23. The van der Waals surface area contributed by atoms with Gasteiger partial charge < -0.3 is 0 Å². The first-order chi connectivity index (χ1) is 11.3. The second kappa shape index (κ2) is 10.5. The maximum absolute atomic E-state index is 8.47. The van der Waals surface area contributed by atoms with E-state index in [9.17, 15) is 0 Å². The summed E-state index contributed by atoms with van der Waals surface area (Å²) in [7, 11) is 0. The lowest BCUT2D eigenvalue weighted by Gasteiger charge is -2.28. The van der Waals surface area contributed by atoms with Crippen LogP contribution in [0.15, 0.2) is 36.5 Å². The summed E-state index contributed by atoms with van der Waals surface area (Å²) in [5.41, 5.74) is 0. The first-order valence-electron chi connectivity index (χ1n) is 9.73. The fraction of sp³-hybridized carbons (Fsp3) is 0.682. The SMILES string of the molecule is CCC[C@H]1CC[C@H](/C=C/C2CCC(C=CC=CC#N)CC2)CC1. The van der Waals surface area contributed by atoms with E-state index in [0.717, 1.165) is 17.8 Å². The van der Waals surface area contributed by atoms with Gasteiger partial charge in [-0.3, -0.25) is 0 Å². The van der Waals surface area contributed by atoms with E-state index in [1.807, 2.05) is 18.2 Å². The molecule has 2 fully saturated rings. The summed E-state index contributed by atoms with van der Waals surface area (Å²) in [4.78, 5) is 0. The van der Waals surface area contributed by atoms with Crippen LogP contribution in [0.2, 0.25) is 0 Å². The highest BCUT2D eigenvalue weighted by Crippen LogP contribution is 2.34. The quantitative estimate of drug-likeness (QED) is 0.308. The van der Waals surface area contributed by atoms with Gasteiger partial charge in [0.2, 0.25) is 0 Å². The van der Waals surface area contributed by atoms with Crippen molar-refractivity contribution in [1.29, 1.82) is 5.26 Å².